The summed E-state index contributed by atoms with van der Waals surface area (Å²) in [6, 6.07) is 0. The number of carbonyl (C=O) groups excluding carboxylic acids is 1. The van der Waals surface area contributed by atoms with Crippen LogP contribution in [0.1, 0.15) is 33.1 Å². The van der Waals surface area contributed by atoms with Crippen molar-refractivity contribution in [2.45, 2.75) is 33.1 Å². The molecule has 3 nitrogen and oxygen atoms in total. The number of hydrogen-bond acceptors (Lipinski definition) is 3. The summed E-state index contributed by atoms with van der Waals surface area (Å²) in [7, 11) is 0. The van der Waals surface area contributed by atoms with E-state index in [0.717, 1.165) is 6.54 Å². The largest absolute Gasteiger partial charge is 0.463 e. The Hall–Kier alpha value is -0.830. The molecule has 1 fully saturated rings. The number of hydrogen-bond donors (Lipinski definition) is 1. The second kappa shape index (κ2) is 5.31. The van der Waals surface area contributed by atoms with E-state index in [2.05, 4.69) is 18.8 Å². The summed E-state index contributed by atoms with van der Waals surface area (Å²) in [6.45, 7) is 9.66. The molecule has 1 aliphatic carbocycles. The molecule has 1 rings (SSSR count). The van der Waals surface area contributed by atoms with Crippen LogP contribution in [0.5, 0.6) is 0 Å². The summed E-state index contributed by atoms with van der Waals surface area (Å²) in [5.74, 6) is -0.286. The Kier molecular flexibility index (Phi) is 4.33. The zero-order valence-corrected chi connectivity index (χ0v) is 9.77. The van der Waals surface area contributed by atoms with Crippen LogP contribution < -0.4 is 5.32 Å². The fourth-order valence-electron chi connectivity index (χ4n) is 1.62. The van der Waals surface area contributed by atoms with E-state index in [9.17, 15) is 4.79 Å². The molecule has 0 saturated heterocycles. The third-order valence-corrected chi connectivity index (χ3v) is 3.11. The van der Waals surface area contributed by atoms with E-state index in [4.69, 9.17) is 4.74 Å². The summed E-state index contributed by atoms with van der Waals surface area (Å²) in [5, 5.41) is 3.28. The highest BCUT2D eigenvalue weighted by Gasteiger charge is 2.39. The van der Waals surface area contributed by atoms with Crippen LogP contribution in [-0.4, -0.2) is 25.7 Å². The maximum Gasteiger partial charge on any atom is 0.334 e. The molecular weight excluding hydrogens is 190 g/mol. The Morgan fingerprint density at radius 3 is 2.60 bits per heavy atom. The Morgan fingerprint density at radius 1 is 1.47 bits per heavy atom. The van der Waals surface area contributed by atoms with Gasteiger partial charge in [0.25, 0.3) is 0 Å². The van der Waals surface area contributed by atoms with Crippen LogP contribution >= 0.6 is 0 Å². The van der Waals surface area contributed by atoms with Crippen molar-refractivity contribution in [1.82, 2.24) is 5.32 Å². The zero-order valence-electron chi connectivity index (χ0n) is 9.77. The number of carbonyl (C=O) groups is 1. The van der Waals surface area contributed by atoms with Crippen molar-refractivity contribution in [1.29, 1.82) is 0 Å². The first-order valence-corrected chi connectivity index (χ1v) is 5.69. The van der Waals surface area contributed by atoms with Gasteiger partial charge in [-0.1, -0.05) is 13.5 Å². The van der Waals surface area contributed by atoms with Crippen molar-refractivity contribution in [3.63, 3.8) is 0 Å². The summed E-state index contributed by atoms with van der Waals surface area (Å²) < 4.78 is 4.85. The van der Waals surface area contributed by atoms with Gasteiger partial charge in [0.1, 0.15) is 0 Å². The molecule has 0 atom stereocenters. The first-order chi connectivity index (χ1) is 7.13. The minimum atomic E-state index is -0.286. The second-order valence-electron chi connectivity index (χ2n) is 4.28. The van der Waals surface area contributed by atoms with Gasteiger partial charge in [-0.25, -0.2) is 4.79 Å². The van der Waals surface area contributed by atoms with Gasteiger partial charge >= 0.3 is 5.97 Å². The summed E-state index contributed by atoms with van der Waals surface area (Å²) in [5.41, 5.74) is 1.03. The van der Waals surface area contributed by atoms with Gasteiger partial charge in [-0.05, 0) is 31.6 Å². The smallest absolute Gasteiger partial charge is 0.334 e. The minimum Gasteiger partial charge on any atom is -0.463 e. The van der Waals surface area contributed by atoms with E-state index in [1.165, 1.54) is 19.3 Å². The number of nitrogens with one attached hydrogen (secondary N) is 1. The molecule has 0 unspecified atom stereocenters. The van der Waals surface area contributed by atoms with Crippen molar-refractivity contribution < 1.29 is 9.53 Å². The van der Waals surface area contributed by atoms with Crippen LogP contribution in [0.3, 0.4) is 0 Å². The fourth-order valence-corrected chi connectivity index (χ4v) is 1.62. The Labute approximate surface area is 91.9 Å². The SMILES string of the molecule is C=C(CNCC1(CC)CC1)C(=O)OCC. The molecule has 0 bridgehead atoms. The molecule has 0 amide bonds. The van der Waals surface area contributed by atoms with Crippen molar-refractivity contribution in [2.75, 3.05) is 19.7 Å². The standard InChI is InChI=1S/C12H21NO2/c1-4-12(6-7-12)9-13-8-10(3)11(14)15-5-2/h13H,3-9H2,1-2H3. The van der Waals surface area contributed by atoms with Gasteiger partial charge in [0.2, 0.25) is 0 Å². The van der Waals surface area contributed by atoms with E-state index >= 15 is 0 Å². The molecule has 0 spiro atoms. The molecule has 0 aliphatic heterocycles. The first-order valence-electron chi connectivity index (χ1n) is 5.69. The molecule has 1 aliphatic rings. The molecule has 3 heteroatoms. The maximum absolute atomic E-state index is 11.2. The van der Waals surface area contributed by atoms with Crippen molar-refractivity contribution >= 4 is 5.97 Å². The third-order valence-electron chi connectivity index (χ3n) is 3.11. The Morgan fingerprint density at radius 2 is 2.13 bits per heavy atom. The molecular formula is C12H21NO2. The van der Waals surface area contributed by atoms with Crippen LogP contribution in [0.25, 0.3) is 0 Å². The summed E-state index contributed by atoms with van der Waals surface area (Å²) >= 11 is 0. The molecule has 15 heavy (non-hydrogen) atoms. The van der Waals surface area contributed by atoms with Gasteiger partial charge in [0, 0.05) is 18.7 Å². The Balaban J connectivity index is 2.14. The molecule has 0 aromatic rings. The van der Waals surface area contributed by atoms with Crippen LogP contribution in [0.4, 0.5) is 0 Å². The fraction of sp³-hybridized carbons (Fsp3) is 0.750. The highest BCUT2D eigenvalue weighted by Crippen LogP contribution is 2.47. The molecule has 0 radical (unpaired) electrons. The quantitative estimate of drug-likeness (QED) is 0.516. The molecule has 86 valence electrons. The third kappa shape index (κ3) is 3.67. The predicted molar refractivity (Wildman–Crippen MR) is 60.6 cm³/mol. The van der Waals surface area contributed by atoms with Crippen LogP contribution in [0.15, 0.2) is 12.2 Å². The van der Waals surface area contributed by atoms with Crippen LogP contribution in [0.2, 0.25) is 0 Å². The number of ether oxygens (including phenoxy) is 1. The lowest BCUT2D eigenvalue weighted by Crippen LogP contribution is -2.27. The van der Waals surface area contributed by atoms with E-state index in [0.29, 0.717) is 24.1 Å². The number of esters is 1. The average Bonchev–Trinajstić information content (AvgIpc) is 2.99. The lowest BCUT2D eigenvalue weighted by Gasteiger charge is -2.13. The molecule has 1 N–H and O–H groups in total. The normalized spacial score (nSPS) is 17.2. The van der Waals surface area contributed by atoms with Gasteiger partial charge in [-0.2, -0.15) is 0 Å². The van der Waals surface area contributed by atoms with Crippen LogP contribution in [0, 0.1) is 5.41 Å². The number of rotatable bonds is 7. The molecule has 0 heterocycles. The Bertz CT molecular complexity index is 244. The highest BCUT2D eigenvalue weighted by atomic mass is 16.5. The van der Waals surface area contributed by atoms with Gasteiger partial charge in [-0.3, -0.25) is 0 Å². The molecule has 0 aromatic carbocycles. The first kappa shape index (κ1) is 12.2. The van der Waals surface area contributed by atoms with Crippen molar-refractivity contribution in [3.05, 3.63) is 12.2 Å². The lowest BCUT2D eigenvalue weighted by molar-refractivity contribution is -0.138. The van der Waals surface area contributed by atoms with E-state index in [1.54, 1.807) is 6.92 Å². The highest BCUT2D eigenvalue weighted by molar-refractivity contribution is 5.88. The summed E-state index contributed by atoms with van der Waals surface area (Å²) in [6.07, 6.45) is 3.83. The minimum absolute atomic E-state index is 0.286. The van der Waals surface area contributed by atoms with E-state index in [-0.39, 0.29) is 5.97 Å². The van der Waals surface area contributed by atoms with E-state index < -0.39 is 0 Å². The molecule has 0 aromatic heterocycles. The monoisotopic (exact) mass is 211 g/mol. The van der Waals surface area contributed by atoms with E-state index in [1.807, 2.05) is 0 Å². The van der Waals surface area contributed by atoms with Crippen molar-refractivity contribution in [2.24, 2.45) is 5.41 Å². The lowest BCUT2D eigenvalue weighted by atomic mass is 10.0. The topological polar surface area (TPSA) is 38.3 Å². The van der Waals surface area contributed by atoms with Gasteiger partial charge in [0.05, 0.1) is 6.61 Å². The second-order valence-corrected chi connectivity index (χ2v) is 4.28. The van der Waals surface area contributed by atoms with Gasteiger partial charge in [0.15, 0.2) is 0 Å². The summed E-state index contributed by atoms with van der Waals surface area (Å²) in [4.78, 5) is 11.2. The zero-order chi connectivity index (χ0) is 11.3. The molecule has 1 saturated carbocycles. The van der Waals surface area contributed by atoms with Gasteiger partial charge < -0.3 is 10.1 Å². The van der Waals surface area contributed by atoms with Crippen LogP contribution in [-0.2, 0) is 9.53 Å². The maximum atomic E-state index is 11.2. The van der Waals surface area contributed by atoms with Crippen molar-refractivity contribution in [3.8, 4) is 0 Å². The predicted octanol–water partition coefficient (Wildman–Crippen LogP) is 1.89. The van der Waals surface area contributed by atoms with Gasteiger partial charge in [-0.15, -0.1) is 0 Å². The average molecular weight is 211 g/mol.